The third-order valence-electron chi connectivity index (χ3n) is 6.69. The lowest BCUT2D eigenvalue weighted by Gasteiger charge is -2.30. The minimum atomic E-state index is -0.373. The summed E-state index contributed by atoms with van der Waals surface area (Å²) in [6.07, 6.45) is 4.68. The second-order valence-corrected chi connectivity index (χ2v) is 8.94. The molecule has 0 bridgehead atoms. The van der Waals surface area contributed by atoms with Crippen LogP contribution in [0.5, 0.6) is 0 Å². The third kappa shape index (κ3) is 5.36. The van der Waals surface area contributed by atoms with Crippen LogP contribution in [0.15, 0.2) is 54.6 Å². The molecular weight excluding hydrogens is 402 g/mol. The van der Waals surface area contributed by atoms with E-state index in [4.69, 9.17) is 0 Å². The molecule has 1 N–H and O–H groups in total. The normalized spacial score (nSPS) is 21.2. The Kier molecular flexibility index (Phi) is 6.88. The van der Waals surface area contributed by atoms with Crippen molar-refractivity contribution in [1.29, 1.82) is 0 Å². The zero-order chi connectivity index (χ0) is 22.4. The number of benzene rings is 2. The van der Waals surface area contributed by atoms with Crippen molar-refractivity contribution in [3.8, 4) is 11.1 Å². The molecule has 0 saturated carbocycles. The fourth-order valence-corrected chi connectivity index (χ4v) is 4.81. The molecule has 6 nitrogen and oxygen atoms in total. The van der Waals surface area contributed by atoms with Gasteiger partial charge in [-0.05, 0) is 42.4 Å². The topological polar surface area (TPSA) is 69.7 Å². The highest BCUT2D eigenvalue weighted by atomic mass is 16.2. The Morgan fingerprint density at radius 2 is 1.72 bits per heavy atom. The third-order valence-corrected chi connectivity index (χ3v) is 6.69. The van der Waals surface area contributed by atoms with Crippen LogP contribution in [0.1, 0.15) is 37.7 Å². The van der Waals surface area contributed by atoms with Crippen LogP contribution in [0.25, 0.3) is 11.1 Å². The van der Waals surface area contributed by atoms with Gasteiger partial charge in [-0.1, -0.05) is 54.6 Å². The molecular formula is C26H31N3O3. The Morgan fingerprint density at radius 3 is 2.41 bits per heavy atom. The van der Waals surface area contributed by atoms with Crippen molar-refractivity contribution in [1.82, 2.24) is 15.1 Å². The summed E-state index contributed by atoms with van der Waals surface area (Å²) < 4.78 is 0. The van der Waals surface area contributed by atoms with E-state index in [1.54, 1.807) is 4.90 Å². The van der Waals surface area contributed by atoms with Gasteiger partial charge in [0.15, 0.2) is 0 Å². The Bertz CT molecular complexity index is 945. The molecule has 168 valence electrons. The Morgan fingerprint density at radius 1 is 0.969 bits per heavy atom. The standard InChI is InChI=1S/C26H31N3O3/c30-20-28-15-4-16-29(18-17-28)25(32)12-14-26(13-11-24(31)27-26)19-21-7-9-23(10-8-21)22-5-2-1-3-6-22/h1-3,5-10,20H,4,11-19H2,(H,27,31). The van der Waals surface area contributed by atoms with Gasteiger partial charge in [-0.2, -0.15) is 0 Å². The highest BCUT2D eigenvalue weighted by molar-refractivity contribution is 5.80. The second-order valence-electron chi connectivity index (χ2n) is 8.94. The predicted molar refractivity (Wildman–Crippen MR) is 124 cm³/mol. The Balaban J connectivity index is 1.40. The van der Waals surface area contributed by atoms with E-state index in [-0.39, 0.29) is 17.4 Å². The highest BCUT2D eigenvalue weighted by Crippen LogP contribution is 2.31. The highest BCUT2D eigenvalue weighted by Gasteiger charge is 2.38. The molecule has 0 aromatic heterocycles. The van der Waals surface area contributed by atoms with Crippen molar-refractivity contribution in [3.05, 3.63) is 60.2 Å². The quantitative estimate of drug-likeness (QED) is 0.683. The molecule has 2 aromatic carbocycles. The average molecular weight is 434 g/mol. The molecule has 0 aliphatic carbocycles. The van der Waals surface area contributed by atoms with Gasteiger partial charge in [0.25, 0.3) is 0 Å². The molecule has 2 heterocycles. The first-order valence-corrected chi connectivity index (χ1v) is 11.5. The first kappa shape index (κ1) is 22.1. The van der Waals surface area contributed by atoms with Crippen molar-refractivity contribution in [2.75, 3.05) is 26.2 Å². The molecule has 4 rings (SSSR count). The van der Waals surface area contributed by atoms with Crippen LogP contribution in [0.3, 0.4) is 0 Å². The Labute approximate surface area is 189 Å². The molecule has 1 unspecified atom stereocenters. The van der Waals surface area contributed by atoms with Crippen LogP contribution in [0.2, 0.25) is 0 Å². The van der Waals surface area contributed by atoms with Gasteiger partial charge in [0.1, 0.15) is 0 Å². The zero-order valence-corrected chi connectivity index (χ0v) is 18.5. The molecule has 0 radical (unpaired) electrons. The number of nitrogens with zero attached hydrogens (tertiary/aromatic N) is 2. The first-order valence-electron chi connectivity index (χ1n) is 11.5. The molecule has 32 heavy (non-hydrogen) atoms. The summed E-state index contributed by atoms with van der Waals surface area (Å²) >= 11 is 0. The molecule has 2 aliphatic heterocycles. The van der Waals surface area contributed by atoms with Gasteiger partial charge >= 0.3 is 0 Å². The van der Waals surface area contributed by atoms with E-state index in [0.29, 0.717) is 45.4 Å². The molecule has 2 aliphatic rings. The monoisotopic (exact) mass is 433 g/mol. The van der Waals surface area contributed by atoms with Gasteiger partial charge in [-0.25, -0.2) is 0 Å². The summed E-state index contributed by atoms with van der Waals surface area (Å²) in [6, 6.07) is 18.8. The van der Waals surface area contributed by atoms with E-state index in [1.807, 2.05) is 23.1 Å². The minimum Gasteiger partial charge on any atom is -0.350 e. The molecule has 0 spiro atoms. The molecule has 2 fully saturated rings. The van der Waals surface area contributed by atoms with Gasteiger partial charge in [0.05, 0.1) is 0 Å². The van der Waals surface area contributed by atoms with Crippen LogP contribution in [-0.2, 0) is 20.8 Å². The van der Waals surface area contributed by atoms with E-state index < -0.39 is 0 Å². The van der Waals surface area contributed by atoms with E-state index in [2.05, 4.69) is 41.7 Å². The zero-order valence-electron chi connectivity index (χ0n) is 18.5. The van der Waals surface area contributed by atoms with Gasteiger partial charge in [-0.15, -0.1) is 0 Å². The summed E-state index contributed by atoms with van der Waals surface area (Å²) in [5.41, 5.74) is 3.14. The van der Waals surface area contributed by atoms with Gasteiger partial charge in [0.2, 0.25) is 18.2 Å². The number of carbonyl (C=O) groups is 3. The van der Waals surface area contributed by atoms with Gasteiger partial charge < -0.3 is 15.1 Å². The van der Waals surface area contributed by atoms with Crippen LogP contribution in [-0.4, -0.2) is 59.7 Å². The summed E-state index contributed by atoms with van der Waals surface area (Å²) in [7, 11) is 0. The number of amides is 3. The van der Waals surface area contributed by atoms with Crippen molar-refractivity contribution < 1.29 is 14.4 Å². The second kappa shape index (κ2) is 9.98. The van der Waals surface area contributed by atoms with E-state index in [0.717, 1.165) is 31.2 Å². The van der Waals surface area contributed by atoms with Crippen LogP contribution in [0, 0.1) is 0 Å². The van der Waals surface area contributed by atoms with E-state index in [1.165, 1.54) is 11.1 Å². The summed E-state index contributed by atoms with van der Waals surface area (Å²) in [4.78, 5) is 39.6. The van der Waals surface area contributed by atoms with Crippen molar-refractivity contribution in [3.63, 3.8) is 0 Å². The number of hydrogen-bond acceptors (Lipinski definition) is 3. The molecule has 6 heteroatoms. The number of carbonyl (C=O) groups excluding carboxylic acids is 3. The average Bonchev–Trinajstić information content (AvgIpc) is 3.03. The maximum Gasteiger partial charge on any atom is 0.222 e. The van der Waals surface area contributed by atoms with Gasteiger partial charge in [0, 0.05) is 44.6 Å². The van der Waals surface area contributed by atoms with E-state index in [9.17, 15) is 14.4 Å². The largest absolute Gasteiger partial charge is 0.350 e. The summed E-state index contributed by atoms with van der Waals surface area (Å²) in [6.45, 7) is 2.55. The number of hydrogen-bond donors (Lipinski definition) is 1. The van der Waals surface area contributed by atoms with Crippen molar-refractivity contribution in [2.24, 2.45) is 0 Å². The van der Waals surface area contributed by atoms with Gasteiger partial charge in [-0.3, -0.25) is 14.4 Å². The molecule has 1 atom stereocenters. The van der Waals surface area contributed by atoms with Crippen LogP contribution < -0.4 is 5.32 Å². The maximum atomic E-state index is 12.9. The fourth-order valence-electron chi connectivity index (χ4n) is 4.81. The summed E-state index contributed by atoms with van der Waals surface area (Å²) in [5.74, 6) is 0.174. The lowest BCUT2D eigenvalue weighted by Crippen LogP contribution is -2.45. The fraction of sp³-hybridized carbons (Fsp3) is 0.423. The molecule has 2 saturated heterocycles. The smallest absolute Gasteiger partial charge is 0.222 e. The van der Waals surface area contributed by atoms with E-state index >= 15 is 0 Å². The first-order chi connectivity index (χ1) is 15.6. The lowest BCUT2D eigenvalue weighted by molar-refractivity contribution is -0.132. The SMILES string of the molecule is O=CN1CCCN(C(=O)CCC2(Cc3ccc(-c4ccccc4)cc3)CCC(=O)N2)CC1. The lowest BCUT2D eigenvalue weighted by atomic mass is 9.84. The Hall–Kier alpha value is -3.15. The molecule has 2 aromatic rings. The predicted octanol–water partition coefficient (Wildman–Crippen LogP) is 3.02. The number of rotatable bonds is 7. The minimum absolute atomic E-state index is 0.0646. The number of nitrogens with one attached hydrogen (secondary N) is 1. The summed E-state index contributed by atoms with van der Waals surface area (Å²) in [5, 5.41) is 3.18. The van der Waals surface area contributed by atoms with Crippen LogP contribution >= 0.6 is 0 Å². The maximum absolute atomic E-state index is 12.9. The van der Waals surface area contributed by atoms with Crippen molar-refractivity contribution in [2.45, 2.75) is 44.1 Å². The van der Waals surface area contributed by atoms with Crippen molar-refractivity contribution >= 4 is 18.2 Å². The van der Waals surface area contributed by atoms with Crippen LogP contribution in [0.4, 0.5) is 0 Å². The molecule has 3 amide bonds.